The van der Waals surface area contributed by atoms with E-state index in [1.807, 2.05) is 11.3 Å². The maximum absolute atomic E-state index is 3.81. The van der Waals surface area contributed by atoms with Gasteiger partial charge in [0.1, 0.15) is 0 Å². The van der Waals surface area contributed by atoms with Crippen LogP contribution in [0.5, 0.6) is 0 Å². The topological polar surface area (TPSA) is 12.0 Å². The van der Waals surface area contributed by atoms with Gasteiger partial charge in [-0.2, -0.15) is 11.3 Å². The van der Waals surface area contributed by atoms with Crippen molar-refractivity contribution >= 4 is 11.3 Å². The lowest BCUT2D eigenvalue weighted by Crippen LogP contribution is -2.36. The SMILES string of the molecule is CC(CNC1CC2CCC1C2)c1ccsc1. The molecular weight excluding hydrogens is 214 g/mol. The molecular formula is C14H21NS. The Morgan fingerprint density at radius 1 is 1.44 bits per heavy atom. The molecule has 2 heteroatoms. The Balaban J connectivity index is 1.50. The minimum atomic E-state index is 0.672. The number of thiophene rings is 1. The number of fused-ring (bicyclic) bond motifs is 2. The minimum Gasteiger partial charge on any atom is -0.313 e. The zero-order chi connectivity index (χ0) is 11.0. The summed E-state index contributed by atoms with van der Waals surface area (Å²) in [6.45, 7) is 3.49. The van der Waals surface area contributed by atoms with E-state index in [4.69, 9.17) is 0 Å². The van der Waals surface area contributed by atoms with E-state index in [9.17, 15) is 0 Å². The number of rotatable bonds is 4. The van der Waals surface area contributed by atoms with Gasteiger partial charge in [0.2, 0.25) is 0 Å². The maximum Gasteiger partial charge on any atom is 0.00983 e. The lowest BCUT2D eigenvalue weighted by atomic mass is 9.94. The molecule has 2 fully saturated rings. The molecule has 4 atom stereocenters. The summed E-state index contributed by atoms with van der Waals surface area (Å²) in [4.78, 5) is 0. The Bertz CT molecular complexity index is 333. The van der Waals surface area contributed by atoms with Crippen LogP contribution in [0.25, 0.3) is 0 Å². The van der Waals surface area contributed by atoms with Gasteiger partial charge >= 0.3 is 0 Å². The van der Waals surface area contributed by atoms with Crippen molar-refractivity contribution in [2.75, 3.05) is 6.54 Å². The van der Waals surface area contributed by atoms with Gasteiger partial charge in [-0.25, -0.2) is 0 Å². The zero-order valence-electron chi connectivity index (χ0n) is 9.99. The fraction of sp³-hybridized carbons (Fsp3) is 0.714. The van der Waals surface area contributed by atoms with E-state index in [2.05, 4.69) is 29.1 Å². The first kappa shape index (κ1) is 10.8. The zero-order valence-corrected chi connectivity index (χ0v) is 10.8. The largest absolute Gasteiger partial charge is 0.313 e. The van der Waals surface area contributed by atoms with Crippen LogP contribution < -0.4 is 5.32 Å². The second-order valence-electron chi connectivity index (χ2n) is 5.65. The van der Waals surface area contributed by atoms with E-state index in [-0.39, 0.29) is 0 Å². The summed E-state index contributed by atoms with van der Waals surface area (Å²) >= 11 is 1.81. The highest BCUT2D eigenvalue weighted by molar-refractivity contribution is 7.07. The van der Waals surface area contributed by atoms with Gasteiger partial charge in [0.05, 0.1) is 0 Å². The molecule has 1 N–H and O–H groups in total. The van der Waals surface area contributed by atoms with Gasteiger partial charge in [0.25, 0.3) is 0 Å². The van der Waals surface area contributed by atoms with Gasteiger partial charge in [-0.1, -0.05) is 13.3 Å². The first-order chi connectivity index (χ1) is 7.83. The van der Waals surface area contributed by atoms with E-state index >= 15 is 0 Å². The Labute approximate surface area is 102 Å². The lowest BCUT2D eigenvalue weighted by molar-refractivity contribution is 0.347. The van der Waals surface area contributed by atoms with Gasteiger partial charge in [-0.3, -0.25) is 0 Å². The maximum atomic E-state index is 3.81. The summed E-state index contributed by atoms with van der Waals surface area (Å²) < 4.78 is 0. The first-order valence-corrected chi connectivity index (χ1v) is 7.52. The van der Waals surface area contributed by atoms with Gasteiger partial charge in [-0.05, 0) is 59.4 Å². The molecule has 0 aromatic carbocycles. The van der Waals surface area contributed by atoms with E-state index in [1.165, 1.54) is 31.2 Å². The van der Waals surface area contributed by atoms with Crippen LogP contribution >= 0.6 is 11.3 Å². The Morgan fingerprint density at radius 2 is 2.38 bits per heavy atom. The van der Waals surface area contributed by atoms with Crippen molar-refractivity contribution < 1.29 is 0 Å². The molecule has 0 aliphatic heterocycles. The average molecular weight is 235 g/mol. The molecule has 2 aliphatic carbocycles. The van der Waals surface area contributed by atoms with Crippen LogP contribution in [0.4, 0.5) is 0 Å². The van der Waals surface area contributed by atoms with Crippen LogP contribution in [0.15, 0.2) is 16.8 Å². The summed E-state index contributed by atoms with van der Waals surface area (Å²) in [6.07, 6.45) is 5.93. The number of hydrogen-bond donors (Lipinski definition) is 1. The molecule has 1 aromatic heterocycles. The Hall–Kier alpha value is -0.340. The van der Waals surface area contributed by atoms with E-state index < -0.39 is 0 Å². The van der Waals surface area contributed by atoms with Crippen LogP contribution in [-0.2, 0) is 0 Å². The molecule has 3 rings (SSSR count). The van der Waals surface area contributed by atoms with Crippen LogP contribution in [-0.4, -0.2) is 12.6 Å². The van der Waals surface area contributed by atoms with Crippen molar-refractivity contribution in [2.45, 2.75) is 44.6 Å². The highest BCUT2D eigenvalue weighted by Gasteiger charge is 2.39. The molecule has 2 aliphatic rings. The van der Waals surface area contributed by atoms with Crippen LogP contribution in [0.3, 0.4) is 0 Å². The van der Waals surface area contributed by atoms with Crippen molar-refractivity contribution in [3.63, 3.8) is 0 Å². The third-order valence-electron chi connectivity index (χ3n) is 4.54. The molecule has 2 bridgehead atoms. The molecule has 1 nitrogen and oxygen atoms in total. The van der Waals surface area contributed by atoms with E-state index in [0.717, 1.165) is 24.4 Å². The van der Waals surface area contributed by atoms with Gasteiger partial charge in [0, 0.05) is 12.6 Å². The van der Waals surface area contributed by atoms with Crippen molar-refractivity contribution in [1.82, 2.24) is 5.32 Å². The molecule has 0 spiro atoms. The third-order valence-corrected chi connectivity index (χ3v) is 5.24. The van der Waals surface area contributed by atoms with Crippen molar-refractivity contribution in [2.24, 2.45) is 11.8 Å². The van der Waals surface area contributed by atoms with Gasteiger partial charge < -0.3 is 5.32 Å². The highest BCUT2D eigenvalue weighted by Crippen LogP contribution is 2.44. The fourth-order valence-electron chi connectivity index (χ4n) is 3.50. The second-order valence-corrected chi connectivity index (χ2v) is 6.43. The van der Waals surface area contributed by atoms with Crippen LogP contribution in [0.2, 0.25) is 0 Å². The quantitative estimate of drug-likeness (QED) is 0.840. The summed E-state index contributed by atoms with van der Waals surface area (Å²) in [7, 11) is 0. The molecule has 0 amide bonds. The molecule has 1 aromatic rings. The predicted octanol–water partition coefficient (Wildman–Crippen LogP) is 3.63. The molecule has 2 saturated carbocycles. The average Bonchev–Trinajstić information content (AvgIpc) is 3.01. The van der Waals surface area contributed by atoms with Gasteiger partial charge in [0.15, 0.2) is 0 Å². The summed E-state index contributed by atoms with van der Waals surface area (Å²) in [5, 5.41) is 8.27. The third kappa shape index (κ3) is 2.05. The summed E-state index contributed by atoms with van der Waals surface area (Å²) in [5.74, 6) is 2.73. The minimum absolute atomic E-state index is 0.672. The molecule has 0 saturated heterocycles. The molecule has 1 heterocycles. The monoisotopic (exact) mass is 235 g/mol. The normalized spacial score (nSPS) is 34.4. The molecule has 16 heavy (non-hydrogen) atoms. The second kappa shape index (κ2) is 4.50. The van der Waals surface area contributed by atoms with E-state index in [0.29, 0.717) is 5.92 Å². The molecule has 0 radical (unpaired) electrons. The number of nitrogens with one attached hydrogen (secondary N) is 1. The van der Waals surface area contributed by atoms with Crippen molar-refractivity contribution in [3.8, 4) is 0 Å². The van der Waals surface area contributed by atoms with Crippen molar-refractivity contribution in [1.29, 1.82) is 0 Å². The lowest BCUT2D eigenvalue weighted by Gasteiger charge is -2.24. The number of hydrogen-bond acceptors (Lipinski definition) is 2. The van der Waals surface area contributed by atoms with Crippen LogP contribution in [0.1, 0.15) is 44.1 Å². The first-order valence-electron chi connectivity index (χ1n) is 6.58. The smallest absolute Gasteiger partial charge is 0.00983 e. The fourth-order valence-corrected chi connectivity index (χ4v) is 4.28. The highest BCUT2D eigenvalue weighted by atomic mass is 32.1. The Morgan fingerprint density at radius 3 is 3.00 bits per heavy atom. The van der Waals surface area contributed by atoms with Crippen molar-refractivity contribution in [3.05, 3.63) is 22.4 Å². The standard InChI is InChI=1S/C14H21NS/c1-10(13-4-5-16-9-13)8-15-14-7-11-2-3-12(14)6-11/h4-5,9-12,14-15H,2-3,6-8H2,1H3. The molecule has 4 unspecified atom stereocenters. The van der Waals surface area contributed by atoms with Crippen LogP contribution in [0, 0.1) is 11.8 Å². The van der Waals surface area contributed by atoms with E-state index in [1.54, 1.807) is 0 Å². The summed E-state index contributed by atoms with van der Waals surface area (Å²) in [5.41, 5.74) is 1.50. The molecule has 88 valence electrons. The summed E-state index contributed by atoms with van der Waals surface area (Å²) in [6, 6.07) is 3.09. The predicted molar refractivity (Wildman–Crippen MR) is 70.0 cm³/mol. The van der Waals surface area contributed by atoms with Gasteiger partial charge in [-0.15, -0.1) is 0 Å². The Kier molecular flexibility index (Phi) is 3.03.